The van der Waals surface area contributed by atoms with Gasteiger partial charge in [0.1, 0.15) is 23.9 Å². The number of fused-ring (bicyclic) bond motifs is 1. The first-order valence-corrected chi connectivity index (χ1v) is 12.0. The van der Waals surface area contributed by atoms with E-state index in [1.54, 1.807) is 40.1 Å². The molecule has 4 amide bonds. The van der Waals surface area contributed by atoms with Crippen molar-refractivity contribution in [2.45, 2.75) is 45.4 Å². The van der Waals surface area contributed by atoms with Crippen molar-refractivity contribution < 1.29 is 33.4 Å². The summed E-state index contributed by atoms with van der Waals surface area (Å²) in [6, 6.07) is 4.80. The lowest BCUT2D eigenvalue weighted by atomic mass is 10.1. The number of rotatable bonds is 10. The molecule has 0 aliphatic carbocycles. The third-order valence-electron chi connectivity index (χ3n) is 6.02. The number of nitrogens with two attached hydrogens (primary N) is 1. The highest BCUT2D eigenvalue weighted by atomic mass is 16.5. The highest BCUT2D eigenvalue weighted by Crippen LogP contribution is 2.29. The Morgan fingerprint density at radius 3 is 2.62 bits per heavy atom. The molecule has 0 bridgehead atoms. The van der Waals surface area contributed by atoms with E-state index in [2.05, 4.69) is 15.6 Å². The number of pyridine rings is 1. The number of benzene rings is 1. The molecule has 12 nitrogen and oxygen atoms in total. The van der Waals surface area contributed by atoms with Gasteiger partial charge in [0, 0.05) is 18.0 Å². The lowest BCUT2D eigenvalue weighted by molar-refractivity contribution is -0.146. The van der Waals surface area contributed by atoms with Crippen molar-refractivity contribution in [2.75, 3.05) is 26.8 Å². The molecule has 0 radical (unpaired) electrons. The number of primary amides is 1. The van der Waals surface area contributed by atoms with E-state index in [0.29, 0.717) is 11.6 Å². The van der Waals surface area contributed by atoms with Crippen LogP contribution >= 0.6 is 0 Å². The maximum Gasteiger partial charge on any atom is 0.328 e. The Bertz CT molecular complexity index is 1160. The molecule has 2 heterocycles. The van der Waals surface area contributed by atoms with Gasteiger partial charge in [0.2, 0.25) is 17.7 Å². The minimum absolute atomic E-state index is 0.0847. The molecule has 3 atom stereocenters. The van der Waals surface area contributed by atoms with Gasteiger partial charge in [-0.1, -0.05) is 13.8 Å². The van der Waals surface area contributed by atoms with E-state index in [1.165, 1.54) is 4.90 Å². The Hall–Kier alpha value is -4.09. The first-order chi connectivity index (χ1) is 17.6. The second-order valence-corrected chi connectivity index (χ2v) is 8.94. The van der Waals surface area contributed by atoms with Gasteiger partial charge < -0.3 is 35.5 Å². The van der Waals surface area contributed by atoms with E-state index in [9.17, 15) is 19.2 Å². The quantitative estimate of drug-likeness (QED) is 0.394. The molecule has 1 saturated heterocycles. The standard InChI is InChI=1S/C25H33N5O7/c1-5-36-24(33)21(14(2)3)29-25(34)28-12-20(31)30-13-17(11-19(30)22(26)32)37-23-18-7-6-16(35-4)10-15(18)8-9-27-23/h6-10,14,17,19,21H,5,11-13H2,1-4H3,(H2,26,32)(H2,28,29,34)/t17-,19+,21+/m1/s1. The van der Waals surface area contributed by atoms with Crippen LogP contribution in [0.4, 0.5) is 4.79 Å². The van der Waals surface area contributed by atoms with Crippen LogP contribution in [0.25, 0.3) is 10.8 Å². The van der Waals surface area contributed by atoms with Crippen molar-refractivity contribution in [1.29, 1.82) is 0 Å². The van der Waals surface area contributed by atoms with Gasteiger partial charge >= 0.3 is 12.0 Å². The zero-order valence-corrected chi connectivity index (χ0v) is 21.4. The molecule has 1 aromatic carbocycles. The molecule has 200 valence electrons. The number of hydrogen-bond donors (Lipinski definition) is 3. The monoisotopic (exact) mass is 515 g/mol. The fourth-order valence-electron chi connectivity index (χ4n) is 4.11. The second-order valence-electron chi connectivity index (χ2n) is 8.94. The van der Waals surface area contributed by atoms with Crippen molar-refractivity contribution in [3.8, 4) is 11.6 Å². The normalized spacial score (nSPS) is 17.8. The molecule has 37 heavy (non-hydrogen) atoms. The van der Waals surface area contributed by atoms with E-state index >= 15 is 0 Å². The molecule has 1 aliphatic rings. The summed E-state index contributed by atoms with van der Waals surface area (Å²) in [5, 5.41) is 6.57. The molecule has 0 spiro atoms. The van der Waals surface area contributed by atoms with Gasteiger partial charge in [0.15, 0.2) is 0 Å². The maximum absolute atomic E-state index is 12.9. The fourth-order valence-corrected chi connectivity index (χ4v) is 4.11. The van der Waals surface area contributed by atoms with Crippen LogP contribution in [0.1, 0.15) is 27.2 Å². The van der Waals surface area contributed by atoms with E-state index in [1.807, 2.05) is 18.2 Å². The van der Waals surface area contributed by atoms with Crippen molar-refractivity contribution in [3.63, 3.8) is 0 Å². The van der Waals surface area contributed by atoms with Crippen LogP contribution in [0.5, 0.6) is 11.6 Å². The number of likely N-dealkylation sites (tertiary alicyclic amines) is 1. The molecule has 3 rings (SSSR count). The van der Waals surface area contributed by atoms with Gasteiger partial charge in [0.05, 0.1) is 26.8 Å². The average Bonchev–Trinajstić information content (AvgIpc) is 3.30. The summed E-state index contributed by atoms with van der Waals surface area (Å²) in [4.78, 5) is 55.0. The van der Waals surface area contributed by atoms with Gasteiger partial charge in [0.25, 0.3) is 0 Å². The smallest absolute Gasteiger partial charge is 0.328 e. The maximum atomic E-state index is 12.9. The first kappa shape index (κ1) is 27.5. The summed E-state index contributed by atoms with van der Waals surface area (Å²) in [6.07, 6.45) is 1.24. The number of aromatic nitrogens is 1. The Labute approximate surface area is 214 Å². The minimum atomic E-state index is -0.902. The number of methoxy groups -OCH3 is 1. The topological polar surface area (TPSA) is 162 Å². The predicted octanol–water partition coefficient (Wildman–Crippen LogP) is 0.964. The lowest BCUT2D eigenvalue weighted by Gasteiger charge is -2.23. The number of esters is 1. The number of carbonyl (C=O) groups excluding carboxylic acids is 4. The zero-order valence-electron chi connectivity index (χ0n) is 21.4. The van der Waals surface area contributed by atoms with E-state index < -0.39 is 48.5 Å². The Morgan fingerprint density at radius 2 is 1.97 bits per heavy atom. The molecule has 0 unspecified atom stereocenters. The molecule has 0 saturated carbocycles. The van der Waals surface area contributed by atoms with Crippen LogP contribution in [0.2, 0.25) is 0 Å². The summed E-state index contributed by atoms with van der Waals surface area (Å²) in [6.45, 7) is 5.05. The molecule has 12 heteroatoms. The average molecular weight is 516 g/mol. The summed E-state index contributed by atoms with van der Waals surface area (Å²) in [5.41, 5.74) is 5.55. The van der Waals surface area contributed by atoms with Crippen LogP contribution in [-0.2, 0) is 19.1 Å². The predicted molar refractivity (Wildman–Crippen MR) is 134 cm³/mol. The van der Waals surface area contributed by atoms with Gasteiger partial charge in [-0.15, -0.1) is 0 Å². The molecular weight excluding hydrogens is 482 g/mol. The zero-order chi connectivity index (χ0) is 27.1. The summed E-state index contributed by atoms with van der Waals surface area (Å²) in [7, 11) is 1.58. The van der Waals surface area contributed by atoms with Gasteiger partial charge in [-0.2, -0.15) is 0 Å². The highest BCUT2D eigenvalue weighted by molar-refractivity contribution is 5.91. The summed E-state index contributed by atoms with van der Waals surface area (Å²) in [5.74, 6) is -0.930. The third kappa shape index (κ3) is 6.78. The van der Waals surface area contributed by atoms with Crippen LogP contribution < -0.4 is 25.8 Å². The number of carbonyl (C=O) groups is 4. The molecule has 2 aromatic rings. The van der Waals surface area contributed by atoms with Crippen LogP contribution in [-0.4, -0.2) is 78.7 Å². The second kappa shape index (κ2) is 12.2. The Balaban J connectivity index is 1.64. The third-order valence-corrected chi connectivity index (χ3v) is 6.02. The Morgan fingerprint density at radius 1 is 1.22 bits per heavy atom. The van der Waals surface area contributed by atoms with Crippen molar-refractivity contribution >= 4 is 34.6 Å². The number of amides is 4. The summed E-state index contributed by atoms with van der Waals surface area (Å²) >= 11 is 0. The van der Waals surface area contributed by atoms with E-state index in [0.717, 1.165) is 10.8 Å². The number of ether oxygens (including phenoxy) is 3. The Kier molecular flexibility index (Phi) is 9.10. The van der Waals surface area contributed by atoms with E-state index in [-0.39, 0.29) is 25.5 Å². The summed E-state index contributed by atoms with van der Waals surface area (Å²) < 4.78 is 16.3. The molecule has 1 fully saturated rings. The van der Waals surface area contributed by atoms with Gasteiger partial charge in [-0.3, -0.25) is 9.59 Å². The lowest BCUT2D eigenvalue weighted by Crippen LogP contribution is -2.52. The number of nitrogens with zero attached hydrogens (tertiary/aromatic N) is 2. The molecule has 4 N–H and O–H groups in total. The van der Waals surface area contributed by atoms with Crippen molar-refractivity contribution in [2.24, 2.45) is 11.7 Å². The molecule has 1 aromatic heterocycles. The fraction of sp³-hybridized carbons (Fsp3) is 0.480. The first-order valence-electron chi connectivity index (χ1n) is 12.0. The van der Waals surface area contributed by atoms with E-state index in [4.69, 9.17) is 19.9 Å². The van der Waals surface area contributed by atoms with Crippen LogP contribution in [0, 0.1) is 5.92 Å². The SMILES string of the molecule is CCOC(=O)[C@@H](NC(=O)NCC(=O)N1C[C@H](Oc2nccc3cc(OC)ccc23)C[C@H]1C(N)=O)C(C)C. The number of hydrogen-bond acceptors (Lipinski definition) is 8. The number of nitrogens with one attached hydrogen (secondary N) is 2. The number of urea groups is 1. The van der Waals surface area contributed by atoms with Crippen molar-refractivity contribution in [1.82, 2.24) is 20.5 Å². The van der Waals surface area contributed by atoms with Crippen LogP contribution in [0.15, 0.2) is 30.5 Å². The molecule has 1 aliphatic heterocycles. The highest BCUT2D eigenvalue weighted by Gasteiger charge is 2.40. The minimum Gasteiger partial charge on any atom is -0.497 e. The largest absolute Gasteiger partial charge is 0.497 e. The van der Waals surface area contributed by atoms with Gasteiger partial charge in [-0.05, 0) is 42.5 Å². The van der Waals surface area contributed by atoms with Crippen LogP contribution in [0.3, 0.4) is 0 Å². The van der Waals surface area contributed by atoms with Crippen molar-refractivity contribution in [3.05, 3.63) is 30.5 Å². The molecular formula is C25H33N5O7. The van der Waals surface area contributed by atoms with Gasteiger partial charge in [-0.25, -0.2) is 14.6 Å².